The van der Waals surface area contributed by atoms with E-state index in [1.165, 1.54) is 0 Å². The monoisotopic (exact) mass is 238 g/mol. The molecule has 1 aromatic carbocycles. The highest BCUT2D eigenvalue weighted by Crippen LogP contribution is 2.30. The van der Waals surface area contributed by atoms with Crippen LogP contribution in [-0.4, -0.2) is 14.7 Å². The molecular weight excluding hydrogens is 224 g/mol. The molecule has 0 aliphatic rings. The number of benzene rings is 1. The topological polar surface area (TPSA) is 37.5 Å². The number of hydrogen-bond acceptors (Lipinski definition) is 2. The first kappa shape index (κ1) is 11.0. The number of aliphatic hydroxyl groups excluding tert-OH is 1. The Hall–Kier alpha value is -2.13. The van der Waals surface area contributed by atoms with Gasteiger partial charge in [-0.15, -0.1) is 0 Å². The number of hydrogen-bond donors (Lipinski definition) is 1. The third kappa shape index (κ3) is 1.69. The van der Waals surface area contributed by atoms with Crippen LogP contribution in [0.2, 0.25) is 0 Å². The molecule has 0 saturated carbocycles. The third-order valence-electron chi connectivity index (χ3n) is 3.04. The largest absolute Gasteiger partial charge is 0.389 e. The molecule has 1 N–H and O–H groups in total. The number of aliphatic hydroxyl groups is 1. The standard InChI is InChI=1S/C15H14N2O/c1-11(18)14-13-9-5-6-10-17(13)16-15(14)12-7-3-2-4-8-12/h2-11,18H,1H3. The SMILES string of the molecule is CC(O)c1c(-c2ccccc2)nn2ccccc12. The molecule has 0 radical (unpaired) electrons. The Morgan fingerprint density at radius 3 is 2.50 bits per heavy atom. The van der Waals surface area contributed by atoms with Crippen LogP contribution in [0.5, 0.6) is 0 Å². The van der Waals surface area contributed by atoms with Crippen molar-refractivity contribution in [3.8, 4) is 11.3 Å². The van der Waals surface area contributed by atoms with Crippen LogP contribution in [0.3, 0.4) is 0 Å². The third-order valence-corrected chi connectivity index (χ3v) is 3.04. The number of fused-ring (bicyclic) bond motifs is 1. The highest BCUT2D eigenvalue weighted by molar-refractivity contribution is 5.73. The van der Waals surface area contributed by atoms with E-state index in [2.05, 4.69) is 5.10 Å². The lowest BCUT2D eigenvalue weighted by Crippen LogP contribution is -1.92. The van der Waals surface area contributed by atoms with Gasteiger partial charge in [0.1, 0.15) is 0 Å². The first-order valence-electron chi connectivity index (χ1n) is 5.98. The average molecular weight is 238 g/mol. The molecule has 3 heteroatoms. The van der Waals surface area contributed by atoms with Gasteiger partial charge in [-0.25, -0.2) is 4.52 Å². The second-order valence-corrected chi connectivity index (χ2v) is 4.33. The van der Waals surface area contributed by atoms with Crippen molar-refractivity contribution in [2.45, 2.75) is 13.0 Å². The second-order valence-electron chi connectivity index (χ2n) is 4.33. The van der Waals surface area contributed by atoms with Crippen molar-refractivity contribution in [3.05, 3.63) is 60.3 Å². The molecule has 0 aliphatic carbocycles. The van der Waals surface area contributed by atoms with E-state index in [4.69, 9.17) is 0 Å². The molecule has 0 bridgehead atoms. The lowest BCUT2D eigenvalue weighted by Gasteiger charge is -2.05. The number of rotatable bonds is 2. The Balaban J connectivity index is 2.32. The van der Waals surface area contributed by atoms with E-state index in [0.717, 1.165) is 22.3 Å². The van der Waals surface area contributed by atoms with E-state index in [-0.39, 0.29) is 0 Å². The van der Waals surface area contributed by atoms with Gasteiger partial charge in [-0.05, 0) is 19.1 Å². The summed E-state index contributed by atoms with van der Waals surface area (Å²) in [6, 6.07) is 15.8. The Bertz CT molecular complexity index is 671. The molecule has 1 atom stereocenters. The van der Waals surface area contributed by atoms with Gasteiger partial charge in [-0.1, -0.05) is 36.4 Å². The van der Waals surface area contributed by atoms with Crippen LogP contribution in [0.1, 0.15) is 18.6 Å². The summed E-state index contributed by atoms with van der Waals surface area (Å²) in [6.45, 7) is 1.77. The fraction of sp³-hybridized carbons (Fsp3) is 0.133. The summed E-state index contributed by atoms with van der Waals surface area (Å²) in [5, 5.41) is 14.6. The van der Waals surface area contributed by atoms with Crippen LogP contribution in [0.25, 0.3) is 16.8 Å². The fourth-order valence-corrected chi connectivity index (χ4v) is 2.24. The highest BCUT2D eigenvalue weighted by Gasteiger charge is 2.17. The minimum atomic E-state index is -0.542. The molecule has 18 heavy (non-hydrogen) atoms. The summed E-state index contributed by atoms with van der Waals surface area (Å²) in [5.41, 5.74) is 3.70. The number of nitrogens with zero attached hydrogens (tertiary/aromatic N) is 2. The van der Waals surface area contributed by atoms with Crippen molar-refractivity contribution >= 4 is 5.52 Å². The van der Waals surface area contributed by atoms with E-state index in [9.17, 15) is 5.11 Å². The smallest absolute Gasteiger partial charge is 0.0991 e. The number of pyridine rings is 1. The van der Waals surface area contributed by atoms with E-state index in [1.54, 1.807) is 6.92 Å². The first-order chi connectivity index (χ1) is 8.77. The normalized spacial score (nSPS) is 12.8. The van der Waals surface area contributed by atoms with Crippen LogP contribution in [0, 0.1) is 0 Å². The maximum absolute atomic E-state index is 10.00. The van der Waals surface area contributed by atoms with Gasteiger partial charge in [0.05, 0.1) is 17.3 Å². The van der Waals surface area contributed by atoms with Gasteiger partial charge in [0.15, 0.2) is 0 Å². The van der Waals surface area contributed by atoms with Crippen LogP contribution in [0.4, 0.5) is 0 Å². The minimum absolute atomic E-state index is 0.542. The average Bonchev–Trinajstić information content (AvgIpc) is 2.79. The summed E-state index contributed by atoms with van der Waals surface area (Å²) in [4.78, 5) is 0. The predicted molar refractivity (Wildman–Crippen MR) is 71.3 cm³/mol. The molecule has 0 fully saturated rings. The van der Waals surface area contributed by atoms with E-state index < -0.39 is 6.10 Å². The quantitative estimate of drug-likeness (QED) is 0.745. The maximum atomic E-state index is 10.00. The molecule has 0 aliphatic heterocycles. The molecule has 3 nitrogen and oxygen atoms in total. The van der Waals surface area contributed by atoms with E-state index in [1.807, 2.05) is 59.2 Å². The van der Waals surface area contributed by atoms with Crippen molar-refractivity contribution in [1.29, 1.82) is 0 Å². The maximum Gasteiger partial charge on any atom is 0.0991 e. The number of aromatic nitrogens is 2. The molecule has 2 heterocycles. The fourth-order valence-electron chi connectivity index (χ4n) is 2.24. The van der Waals surface area contributed by atoms with Crippen molar-refractivity contribution in [3.63, 3.8) is 0 Å². The molecule has 1 unspecified atom stereocenters. The Morgan fingerprint density at radius 1 is 1.06 bits per heavy atom. The summed E-state index contributed by atoms with van der Waals surface area (Å²) < 4.78 is 1.81. The first-order valence-corrected chi connectivity index (χ1v) is 5.98. The summed E-state index contributed by atoms with van der Waals surface area (Å²) in [7, 11) is 0. The molecule has 0 spiro atoms. The molecule has 0 amide bonds. The summed E-state index contributed by atoms with van der Waals surface area (Å²) in [6.07, 6.45) is 1.35. The highest BCUT2D eigenvalue weighted by atomic mass is 16.3. The molecule has 2 aromatic heterocycles. The Labute approximate surface area is 105 Å². The molecule has 3 aromatic rings. The zero-order valence-electron chi connectivity index (χ0n) is 10.1. The van der Waals surface area contributed by atoms with Gasteiger partial charge in [0.2, 0.25) is 0 Å². The zero-order chi connectivity index (χ0) is 12.5. The lowest BCUT2D eigenvalue weighted by molar-refractivity contribution is 0.201. The Morgan fingerprint density at radius 2 is 1.78 bits per heavy atom. The van der Waals surface area contributed by atoms with E-state index >= 15 is 0 Å². The van der Waals surface area contributed by atoms with Crippen molar-refractivity contribution < 1.29 is 5.11 Å². The van der Waals surface area contributed by atoms with Crippen molar-refractivity contribution in [1.82, 2.24) is 9.61 Å². The van der Waals surface area contributed by atoms with Crippen LogP contribution >= 0.6 is 0 Å². The summed E-state index contributed by atoms with van der Waals surface area (Å²) >= 11 is 0. The van der Waals surface area contributed by atoms with Gasteiger partial charge >= 0.3 is 0 Å². The van der Waals surface area contributed by atoms with Gasteiger partial charge in [0.25, 0.3) is 0 Å². The van der Waals surface area contributed by atoms with Crippen molar-refractivity contribution in [2.24, 2.45) is 0 Å². The van der Waals surface area contributed by atoms with Crippen LogP contribution in [-0.2, 0) is 0 Å². The second kappa shape index (κ2) is 4.27. The van der Waals surface area contributed by atoms with Gasteiger partial charge in [-0.2, -0.15) is 5.10 Å². The Kier molecular flexibility index (Phi) is 2.61. The van der Waals surface area contributed by atoms with Gasteiger partial charge in [0, 0.05) is 17.3 Å². The van der Waals surface area contributed by atoms with Gasteiger partial charge < -0.3 is 5.11 Å². The zero-order valence-corrected chi connectivity index (χ0v) is 10.1. The van der Waals surface area contributed by atoms with Crippen LogP contribution < -0.4 is 0 Å². The molecule has 0 saturated heterocycles. The molecular formula is C15H14N2O. The van der Waals surface area contributed by atoms with Crippen molar-refractivity contribution in [2.75, 3.05) is 0 Å². The molecule has 3 rings (SSSR count). The summed E-state index contributed by atoms with van der Waals surface area (Å²) in [5.74, 6) is 0. The van der Waals surface area contributed by atoms with Gasteiger partial charge in [-0.3, -0.25) is 0 Å². The lowest BCUT2D eigenvalue weighted by atomic mass is 10.0. The minimum Gasteiger partial charge on any atom is -0.389 e. The predicted octanol–water partition coefficient (Wildman–Crippen LogP) is 3.05. The molecule has 90 valence electrons. The van der Waals surface area contributed by atoms with Crippen LogP contribution in [0.15, 0.2) is 54.7 Å². The van der Waals surface area contributed by atoms with E-state index in [0.29, 0.717) is 0 Å².